The lowest BCUT2D eigenvalue weighted by Gasteiger charge is -2.22. The molecule has 0 aliphatic heterocycles. The van der Waals surface area contributed by atoms with Gasteiger partial charge in [0, 0.05) is 12.1 Å². The molecule has 8 heteroatoms. The van der Waals surface area contributed by atoms with Gasteiger partial charge in [0.25, 0.3) is 0 Å². The van der Waals surface area contributed by atoms with Crippen LogP contribution in [-0.4, -0.2) is 31.4 Å². The molecule has 2 unspecified atom stereocenters. The van der Waals surface area contributed by atoms with E-state index in [0.717, 1.165) is 11.1 Å². The largest absolute Gasteiger partial charge is 0.419 e. The number of allylic oxidation sites excluding steroid dienone is 1. The lowest BCUT2D eigenvalue weighted by Crippen LogP contribution is -2.35. The summed E-state index contributed by atoms with van der Waals surface area (Å²) < 4.78 is 32.6. The van der Waals surface area contributed by atoms with Crippen LogP contribution in [0, 0.1) is 11.8 Å². The molecule has 3 atom stereocenters. The Morgan fingerprint density at radius 2 is 1.91 bits per heavy atom. The fraction of sp³-hybridized carbons (Fsp3) is 0.407. The molecule has 1 aromatic heterocycles. The van der Waals surface area contributed by atoms with Gasteiger partial charge in [-0.15, -0.1) is 10.2 Å². The third-order valence-corrected chi connectivity index (χ3v) is 7.53. The zero-order chi connectivity index (χ0) is 25.2. The third kappa shape index (κ3) is 6.18. The zero-order valence-corrected chi connectivity index (χ0v) is 21.6. The maximum Gasteiger partial charge on any atom is 0.247 e. The summed E-state index contributed by atoms with van der Waals surface area (Å²) in [6, 6.07) is 15.6. The average molecular weight is 495 g/mol. The van der Waals surface area contributed by atoms with Crippen LogP contribution >= 0.6 is 0 Å². The SMILES string of the molecule is CCCN(c1cc(C=CC2CC2C)cc(-c2nnc([C@@](C)(N)Cc3ccccc3)o2)c1)S(C)(=O)=O. The van der Waals surface area contributed by atoms with E-state index >= 15 is 0 Å². The smallest absolute Gasteiger partial charge is 0.247 e. The van der Waals surface area contributed by atoms with Crippen LogP contribution in [0.25, 0.3) is 17.5 Å². The summed E-state index contributed by atoms with van der Waals surface area (Å²) in [5.74, 6) is 1.90. The highest BCUT2D eigenvalue weighted by Gasteiger charge is 2.30. The molecule has 0 bridgehead atoms. The molecule has 7 nitrogen and oxygen atoms in total. The highest BCUT2D eigenvalue weighted by Crippen LogP contribution is 2.39. The summed E-state index contributed by atoms with van der Waals surface area (Å²) in [5, 5.41) is 8.53. The lowest BCUT2D eigenvalue weighted by atomic mass is 9.94. The van der Waals surface area contributed by atoms with E-state index in [0.29, 0.717) is 54.3 Å². The Kier molecular flexibility index (Phi) is 7.15. The average Bonchev–Trinajstić information content (AvgIpc) is 3.28. The van der Waals surface area contributed by atoms with Gasteiger partial charge in [0.15, 0.2) is 0 Å². The van der Waals surface area contributed by atoms with E-state index in [2.05, 4.69) is 23.2 Å². The van der Waals surface area contributed by atoms with Gasteiger partial charge in [0.05, 0.1) is 17.5 Å². The van der Waals surface area contributed by atoms with E-state index in [1.165, 1.54) is 17.0 Å². The van der Waals surface area contributed by atoms with Crippen LogP contribution in [0.5, 0.6) is 0 Å². The van der Waals surface area contributed by atoms with Gasteiger partial charge >= 0.3 is 0 Å². The molecule has 35 heavy (non-hydrogen) atoms. The molecule has 1 fully saturated rings. The summed E-state index contributed by atoms with van der Waals surface area (Å²) in [6.07, 6.45) is 7.88. The summed E-state index contributed by atoms with van der Waals surface area (Å²) in [6.45, 7) is 6.43. The molecule has 186 valence electrons. The van der Waals surface area contributed by atoms with Gasteiger partial charge in [-0.1, -0.05) is 56.3 Å². The van der Waals surface area contributed by atoms with Crippen molar-refractivity contribution in [1.29, 1.82) is 0 Å². The van der Waals surface area contributed by atoms with E-state index in [4.69, 9.17) is 10.2 Å². The van der Waals surface area contributed by atoms with Gasteiger partial charge in [-0.3, -0.25) is 4.31 Å². The molecular weight excluding hydrogens is 460 g/mol. The maximum absolute atomic E-state index is 12.5. The quantitative estimate of drug-likeness (QED) is 0.426. The molecule has 1 aliphatic rings. The molecule has 0 saturated heterocycles. The Bertz CT molecular complexity index is 1300. The number of rotatable bonds is 10. The Morgan fingerprint density at radius 3 is 2.54 bits per heavy atom. The number of nitrogens with zero attached hydrogens (tertiary/aromatic N) is 3. The Hall–Kier alpha value is -2.97. The second-order valence-corrected chi connectivity index (χ2v) is 11.8. The van der Waals surface area contributed by atoms with Crippen molar-refractivity contribution in [3.63, 3.8) is 0 Å². The van der Waals surface area contributed by atoms with Gasteiger partial charge in [0.1, 0.15) is 0 Å². The second kappa shape index (κ2) is 9.95. The minimum absolute atomic E-state index is 0.311. The number of anilines is 1. The zero-order valence-electron chi connectivity index (χ0n) is 20.8. The summed E-state index contributed by atoms with van der Waals surface area (Å²) in [5.41, 5.74) is 8.92. The number of sulfonamides is 1. The first kappa shape index (κ1) is 25.1. The lowest BCUT2D eigenvalue weighted by molar-refractivity contribution is 0.355. The van der Waals surface area contributed by atoms with Gasteiger partial charge in [-0.05, 0) is 67.3 Å². The van der Waals surface area contributed by atoms with E-state index in [-0.39, 0.29) is 0 Å². The number of hydrogen-bond donors (Lipinski definition) is 1. The van der Waals surface area contributed by atoms with Crippen molar-refractivity contribution >= 4 is 21.8 Å². The second-order valence-electron chi connectivity index (χ2n) is 9.88. The van der Waals surface area contributed by atoms with Crippen molar-refractivity contribution in [1.82, 2.24) is 10.2 Å². The van der Waals surface area contributed by atoms with E-state index in [9.17, 15) is 8.42 Å². The standard InChI is InChI=1S/C27H34N4O3S/c1-5-13-31(35(4,32)33)24-16-21(11-12-22-14-19(22)2)15-23(17-24)25-29-30-26(34-25)27(3,28)18-20-9-7-6-8-10-20/h6-12,15-17,19,22H,5,13-14,18,28H2,1-4H3/t19?,22?,27-/m0/s1. The molecule has 2 N–H and O–H groups in total. The van der Waals surface area contributed by atoms with Crippen LogP contribution in [-0.2, 0) is 22.0 Å². The number of aromatic nitrogens is 2. The molecular formula is C27H34N4O3S. The van der Waals surface area contributed by atoms with Crippen LogP contribution in [0.1, 0.15) is 50.6 Å². The molecule has 0 spiro atoms. The van der Waals surface area contributed by atoms with E-state index < -0.39 is 15.6 Å². The van der Waals surface area contributed by atoms with Crippen molar-refractivity contribution in [3.05, 3.63) is 71.6 Å². The molecule has 1 heterocycles. The van der Waals surface area contributed by atoms with Crippen LogP contribution in [0.3, 0.4) is 0 Å². The Morgan fingerprint density at radius 1 is 1.20 bits per heavy atom. The summed E-state index contributed by atoms with van der Waals surface area (Å²) >= 11 is 0. The van der Waals surface area contributed by atoms with Crippen LogP contribution < -0.4 is 10.0 Å². The number of hydrogen-bond acceptors (Lipinski definition) is 6. The molecule has 1 aliphatic carbocycles. The first-order chi connectivity index (χ1) is 16.6. The van der Waals surface area contributed by atoms with Gasteiger partial charge < -0.3 is 10.2 Å². The van der Waals surface area contributed by atoms with Gasteiger partial charge in [0.2, 0.25) is 21.8 Å². The minimum atomic E-state index is -3.45. The molecule has 4 rings (SSSR count). The summed E-state index contributed by atoms with van der Waals surface area (Å²) in [4.78, 5) is 0. The van der Waals surface area contributed by atoms with Crippen molar-refractivity contribution in [3.8, 4) is 11.5 Å². The fourth-order valence-electron chi connectivity index (χ4n) is 4.21. The molecule has 0 radical (unpaired) electrons. The fourth-order valence-corrected chi connectivity index (χ4v) is 5.21. The Labute approximate surface area is 208 Å². The third-order valence-electron chi connectivity index (χ3n) is 6.34. The predicted octanol–water partition coefficient (Wildman–Crippen LogP) is 5.00. The maximum atomic E-state index is 12.5. The monoisotopic (exact) mass is 494 g/mol. The topological polar surface area (TPSA) is 102 Å². The van der Waals surface area contributed by atoms with Crippen LogP contribution in [0.2, 0.25) is 0 Å². The minimum Gasteiger partial charge on any atom is -0.419 e. The van der Waals surface area contributed by atoms with Crippen molar-refractivity contribution in [2.45, 2.75) is 45.6 Å². The summed E-state index contributed by atoms with van der Waals surface area (Å²) in [7, 11) is -3.45. The molecule has 1 saturated carbocycles. The predicted molar refractivity (Wildman–Crippen MR) is 140 cm³/mol. The Balaban J connectivity index is 1.70. The normalized spacial score (nSPS) is 19.6. The number of benzene rings is 2. The van der Waals surface area contributed by atoms with E-state index in [1.807, 2.05) is 62.4 Å². The van der Waals surface area contributed by atoms with E-state index in [1.54, 1.807) is 6.07 Å². The van der Waals surface area contributed by atoms with Crippen LogP contribution in [0.15, 0.2) is 59.0 Å². The molecule has 0 amide bonds. The molecule has 3 aromatic rings. The van der Waals surface area contributed by atoms with Crippen molar-refractivity contribution < 1.29 is 12.8 Å². The van der Waals surface area contributed by atoms with Gasteiger partial charge in [-0.2, -0.15) is 0 Å². The number of nitrogens with two attached hydrogens (primary N) is 1. The van der Waals surface area contributed by atoms with Crippen molar-refractivity contribution in [2.75, 3.05) is 17.1 Å². The highest BCUT2D eigenvalue weighted by molar-refractivity contribution is 7.92. The first-order valence-corrected chi connectivity index (χ1v) is 13.9. The molecule has 2 aromatic carbocycles. The highest BCUT2D eigenvalue weighted by atomic mass is 32.2. The van der Waals surface area contributed by atoms with Gasteiger partial charge in [-0.25, -0.2) is 8.42 Å². The van der Waals surface area contributed by atoms with Crippen molar-refractivity contribution in [2.24, 2.45) is 17.6 Å². The van der Waals surface area contributed by atoms with Crippen LogP contribution in [0.4, 0.5) is 5.69 Å². The first-order valence-electron chi connectivity index (χ1n) is 12.0.